The largest absolute Gasteiger partial charge is 0.492 e. The van der Waals surface area contributed by atoms with E-state index >= 15 is 0 Å². The summed E-state index contributed by atoms with van der Waals surface area (Å²) in [6, 6.07) is 15.9. The Morgan fingerprint density at radius 3 is 2.76 bits per heavy atom. The van der Waals surface area contributed by atoms with Crippen molar-refractivity contribution in [1.29, 1.82) is 0 Å². The van der Waals surface area contributed by atoms with Gasteiger partial charge >= 0.3 is 0 Å². The highest BCUT2D eigenvalue weighted by molar-refractivity contribution is 5.75. The molecular weight excluding hydrogens is 262 g/mol. The van der Waals surface area contributed by atoms with E-state index in [2.05, 4.69) is 28.3 Å². The molecule has 0 saturated carbocycles. The third-order valence-corrected chi connectivity index (χ3v) is 3.12. The smallest absolute Gasteiger partial charge is 0.145 e. The van der Waals surface area contributed by atoms with Gasteiger partial charge in [0, 0.05) is 0 Å². The molecule has 3 rings (SSSR count). The van der Waals surface area contributed by atoms with Crippen molar-refractivity contribution in [2.24, 2.45) is 0 Å². The van der Waals surface area contributed by atoms with Crippen molar-refractivity contribution in [2.75, 3.05) is 18.5 Å². The van der Waals surface area contributed by atoms with Crippen molar-refractivity contribution in [3.05, 3.63) is 60.3 Å². The third kappa shape index (κ3) is 3.48. The van der Waals surface area contributed by atoms with Crippen LogP contribution in [0.1, 0.15) is 5.56 Å². The van der Waals surface area contributed by atoms with Gasteiger partial charge in [-0.1, -0.05) is 24.3 Å². The zero-order valence-electron chi connectivity index (χ0n) is 11.9. The first kappa shape index (κ1) is 13.4. The molecule has 1 aromatic heterocycles. The van der Waals surface area contributed by atoms with Crippen LogP contribution in [0.25, 0.3) is 11.0 Å². The molecule has 1 heterocycles. The Morgan fingerprint density at radius 2 is 1.90 bits per heavy atom. The van der Waals surface area contributed by atoms with E-state index < -0.39 is 0 Å². The van der Waals surface area contributed by atoms with Crippen molar-refractivity contribution in [3.63, 3.8) is 0 Å². The number of fused-ring (bicyclic) bond motifs is 1. The zero-order chi connectivity index (χ0) is 14.5. The molecule has 0 unspecified atom stereocenters. The normalized spacial score (nSPS) is 10.5. The molecule has 3 aromatic rings. The Morgan fingerprint density at radius 1 is 1.05 bits per heavy atom. The van der Waals surface area contributed by atoms with Crippen LogP contribution in [0.15, 0.2) is 54.7 Å². The van der Waals surface area contributed by atoms with Gasteiger partial charge in [-0.15, -0.1) is 0 Å². The van der Waals surface area contributed by atoms with Gasteiger partial charge in [0.1, 0.15) is 18.2 Å². The fraction of sp³-hybridized carbons (Fsp3) is 0.176. The fourth-order valence-corrected chi connectivity index (χ4v) is 2.10. The van der Waals surface area contributed by atoms with E-state index in [0.717, 1.165) is 22.6 Å². The fourth-order valence-electron chi connectivity index (χ4n) is 2.10. The molecule has 4 nitrogen and oxygen atoms in total. The Hall–Kier alpha value is -2.62. The van der Waals surface area contributed by atoms with E-state index in [4.69, 9.17) is 4.74 Å². The van der Waals surface area contributed by atoms with Gasteiger partial charge in [-0.2, -0.15) is 0 Å². The summed E-state index contributed by atoms with van der Waals surface area (Å²) in [5.41, 5.74) is 2.99. The number of ether oxygens (including phenoxy) is 1. The Kier molecular flexibility index (Phi) is 3.96. The maximum absolute atomic E-state index is 5.69. The molecule has 2 aromatic carbocycles. The number of nitrogens with one attached hydrogen (secondary N) is 1. The van der Waals surface area contributed by atoms with E-state index in [0.29, 0.717) is 13.2 Å². The second-order valence-corrected chi connectivity index (χ2v) is 4.84. The summed E-state index contributed by atoms with van der Waals surface area (Å²) >= 11 is 0. The minimum atomic E-state index is 0.581. The maximum atomic E-state index is 5.69. The number of hydrogen-bond acceptors (Lipinski definition) is 4. The standard InChI is InChI=1S/C17H17N3O/c1-13-5-4-6-14(11-13)21-10-9-18-17-12-19-15-7-2-3-8-16(15)20-17/h2-8,11-12H,9-10H2,1H3,(H,18,20). The quantitative estimate of drug-likeness (QED) is 0.727. The summed E-state index contributed by atoms with van der Waals surface area (Å²) in [6.07, 6.45) is 1.75. The topological polar surface area (TPSA) is 47.0 Å². The van der Waals surface area contributed by atoms with Crippen molar-refractivity contribution < 1.29 is 4.74 Å². The lowest BCUT2D eigenvalue weighted by Crippen LogP contribution is -2.12. The van der Waals surface area contributed by atoms with Crippen LogP contribution in [0.2, 0.25) is 0 Å². The van der Waals surface area contributed by atoms with Crippen LogP contribution in [0.5, 0.6) is 5.75 Å². The second kappa shape index (κ2) is 6.22. The average Bonchev–Trinajstić information content (AvgIpc) is 2.51. The molecule has 0 bridgehead atoms. The van der Waals surface area contributed by atoms with Crippen molar-refractivity contribution in [1.82, 2.24) is 9.97 Å². The SMILES string of the molecule is Cc1cccc(OCCNc2cnc3ccccc3n2)c1. The molecule has 21 heavy (non-hydrogen) atoms. The lowest BCUT2D eigenvalue weighted by atomic mass is 10.2. The Labute approximate surface area is 123 Å². The van der Waals surface area contributed by atoms with E-state index in [9.17, 15) is 0 Å². The number of anilines is 1. The summed E-state index contributed by atoms with van der Waals surface area (Å²) in [5.74, 6) is 1.66. The predicted molar refractivity (Wildman–Crippen MR) is 84.7 cm³/mol. The summed E-state index contributed by atoms with van der Waals surface area (Å²) in [7, 11) is 0. The zero-order valence-corrected chi connectivity index (χ0v) is 11.9. The second-order valence-electron chi connectivity index (χ2n) is 4.84. The summed E-state index contributed by atoms with van der Waals surface area (Å²) in [6.45, 7) is 3.31. The number of benzene rings is 2. The molecule has 106 valence electrons. The Bertz CT molecular complexity index is 743. The molecule has 0 aliphatic carbocycles. The number of rotatable bonds is 5. The van der Waals surface area contributed by atoms with Gasteiger partial charge in [0.2, 0.25) is 0 Å². The number of hydrogen-bond donors (Lipinski definition) is 1. The van der Waals surface area contributed by atoms with Crippen molar-refractivity contribution in [2.45, 2.75) is 6.92 Å². The highest BCUT2D eigenvalue weighted by atomic mass is 16.5. The monoisotopic (exact) mass is 279 g/mol. The molecule has 0 fully saturated rings. The number of para-hydroxylation sites is 2. The molecule has 0 saturated heterocycles. The highest BCUT2D eigenvalue weighted by Crippen LogP contribution is 2.13. The van der Waals surface area contributed by atoms with E-state index in [-0.39, 0.29) is 0 Å². The van der Waals surface area contributed by atoms with Gasteiger partial charge in [-0.25, -0.2) is 4.98 Å². The summed E-state index contributed by atoms with van der Waals surface area (Å²) in [4.78, 5) is 8.87. The molecule has 0 spiro atoms. The molecule has 1 N–H and O–H groups in total. The first-order valence-corrected chi connectivity index (χ1v) is 6.96. The average molecular weight is 279 g/mol. The van der Waals surface area contributed by atoms with E-state index in [1.807, 2.05) is 42.5 Å². The highest BCUT2D eigenvalue weighted by Gasteiger charge is 1.99. The lowest BCUT2D eigenvalue weighted by molar-refractivity contribution is 0.332. The van der Waals surface area contributed by atoms with Crippen molar-refractivity contribution >= 4 is 16.9 Å². The van der Waals surface area contributed by atoms with Crippen LogP contribution >= 0.6 is 0 Å². The first-order chi connectivity index (χ1) is 10.3. The summed E-state index contributed by atoms with van der Waals surface area (Å²) < 4.78 is 5.69. The Balaban J connectivity index is 1.54. The lowest BCUT2D eigenvalue weighted by Gasteiger charge is -2.08. The molecule has 0 aliphatic rings. The van der Waals surface area contributed by atoms with E-state index in [1.165, 1.54) is 5.56 Å². The van der Waals surface area contributed by atoms with Gasteiger partial charge in [-0.3, -0.25) is 4.98 Å². The van der Waals surface area contributed by atoms with Crippen LogP contribution in [0.3, 0.4) is 0 Å². The van der Waals surface area contributed by atoms with Gasteiger partial charge < -0.3 is 10.1 Å². The molecule has 0 amide bonds. The van der Waals surface area contributed by atoms with Gasteiger partial charge in [0.25, 0.3) is 0 Å². The van der Waals surface area contributed by atoms with Crippen LogP contribution in [0, 0.1) is 6.92 Å². The molecule has 0 atom stereocenters. The molecule has 0 aliphatic heterocycles. The number of aryl methyl sites for hydroxylation is 1. The number of nitrogens with zero attached hydrogens (tertiary/aromatic N) is 2. The molecule has 4 heteroatoms. The first-order valence-electron chi connectivity index (χ1n) is 6.96. The third-order valence-electron chi connectivity index (χ3n) is 3.12. The number of aromatic nitrogens is 2. The molecular formula is C17H17N3O. The van der Waals surface area contributed by atoms with Crippen LogP contribution in [0.4, 0.5) is 5.82 Å². The van der Waals surface area contributed by atoms with Crippen LogP contribution in [-0.4, -0.2) is 23.1 Å². The minimum absolute atomic E-state index is 0.581. The summed E-state index contributed by atoms with van der Waals surface area (Å²) in [5, 5.41) is 3.22. The van der Waals surface area contributed by atoms with Gasteiger partial charge in [-0.05, 0) is 36.8 Å². The van der Waals surface area contributed by atoms with E-state index in [1.54, 1.807) is 6.20 Å². The van der Waals surface area contributed by atoms with Crippen molar-refractivity contribution in [3.8, 4) is 5.75 Å². The van der Waals surface area contributed by atoms with Gasteiger partial charge in [0.15, 0.2) is 0 Å². The molecule has 0 radical (unpaired) electrons. The predicted octanol–water partition coefficient (Wildman–Crippen LogP) is 3.43. The van der Waals surface area contributed by atoms with Gasteiger partial charge in [0.05, 0.1) is 23.8 Å². The van der Waals surface area contributed by atoms with Crippen LogP contribution in [-0.2, 0) is 0 Å². The van der Waals surface area contributed by atoms with Crippen LogP contribution < -0.4 is 10.1 Å². The maximum Gasteiger partial charge on any atom is 0.145 e. The minimum Gasteiger partial charge on any atom is -0.492 e.